The second kappa shape index (κ2) is 12.9. The van der Waals surface area contributed by atoms with E-state index in [2.05, 4.69) is 112 Å². The average Bonchev–Trinajstić information content (AvgIpc) is 2.81. The fourth-order valence-electron chi connectivity index (χ4n) is 4.42. The van der Waals surface area contributed by atoms with Crippen molar-refractivity contribution in [2.75, 3.05) is 13.3 Å². The van der Waals surface area contributed by atoms with Crippen LogP contribution in [-0.2, 0) is 4.74 Å². The highest BCUT2D eigenvalue weighted by Crippen LogP contribution is 2.56. The maximum atomic E-state index is 5.61. The summed E-state index contributed by atoms with van der Waals surface area (Å²) in [5, 5.41) is 4.46. The van der Waals surface area contributed by atoms with Gasteiger partial charge in [-0.1, -0.05) is 74.4 Å². The molecule has 0 fully saturated rings. The third-order valence-electron chi connectivity index (χ3n) is 6.58. The number of hydrogen-bond acceptors (Lipinski definition) is 1. The smallest absolute Gasteiger partial charge is 0.112 e. The number of methoxy groups -OCH3 is 1. The molecule has 3 aromatic rings. The van der Waals surface area contributed by atoms with Gasteiger partial charge in [-0.15, -0.1) is 0 Å². The van der Waals surface area contributed by atoms with E-state index in [9.17, 15) is 0 Å². The number of ether oxygens (including phenoxy) is 1. The van der Waals surface area contributed by atoms with E-state index in [1.165, 1.54) is 41.3 Å². The van der Waals surface area contributed by atoms with Crippen molar-refractivity contribution in [2.24, 2.45) is 5.92 Å². The lowest BCUT2D eigenvalue weighted by atomic mass is 9.95. The van der Waals surface area contributed by atoms with Crippen molar-refractivity contribution >= 4 is 23.2 Å². The van der Waals surface area contributed by atoms with Gasteiger partial charge in [0.25, 0.3) is 0 Å². The summed E-state index contributed by atoms with van der Waals surface area (Å²) in [5.41, 5.74) is -0.0193. The molecule has 0 aromatic heterocycles. The fraction of sp³-hybridized carbons (Fsp3) is 0.379. The minimum Gasteiger partial charge on any atom is -1.00 e. The molecule has 0 saturated heterocycles. The predicted octanol–water partition coefficient (Wildman–Crippen LogP) is 3.61. The Morgan fingerprint density at radius 2 is 1.12 bits per heavy atom. The Balaban J connectivity index is 0.00000363. The molecule has 0 saturated carbocycles. The van der Waals surface area contributed by atoms with Crippen molar-refractivity contribution in [3.63, 3.8) is 0 Å². The standard InChI is InChI=1S/C29H38OP.HI/c1-25(15-14-23-29(2,3)30-4)22-24-31(26-16-8-5-9-17-26,27-18-10-6-11-19-27)28-20-12-7-13-21-28;/h5-13,16-21,25H,14-15,22-24H2,1-4H3;1H/q+1;/p-1. The molecule has 0 aliphatic carbocycles. The molecule has 172 valence electrons. The van der Waals surface area contributed by atoms with Gasteiger partial charge in [-0.05, 0) is 69.0 Å². The molecule has 0 aliphatic rings. The summed E-state index contributed by atoms with van der Waals surface area (Å²) in [7, 11) is 0.119. The third-order valence-corrected chi connectivity index (χ3v) is 11.0. The molecule has 1 nitrogen and oxygen atoms in total. The predicted molar refractivity (Wildman–Crippen MR) is 139 cm³/mol. The lowest BCUT2D eigenvalue weighted by Gasteiger charge is -2.29. The van der Waals surface area contributed by atoms with Crippen molar-refractivity contribution in [1.29, 1.82) is 0 Å². The van der Waals surface area contributed by atoms with Gasteiger partial charge in [0.2, 0.25) is 0 Å². The van der Waals surface area contributed by atoms with Gasteiger partial charge in [0.15, 0.2) is 0 Å². The molecule has 0 spiro atoms. The lowest BCUT2D eigenvalue weighted by Crippen LogP contribution is -3.00. The first kappa shape index (κ1) is 27.0. The highest BCUT2D eigenvalue weighted by molar-refractivity contribution is 7.95. The van der Waals surface area contributed by atoms with E-state index >= 15 is 0 Å². The van der Waals surface area contributed by atoms with E-state index in [4.69, 9.17) is 4.74 Å². The van der Waals surface area contributed by atoms with E-state index in [0.29, 0.717) is 5.92 Å². The number of halogens is 1. The van der Waals surface area contributed by atoms with Gasteiger partial charge in [0.05, 0.1) is 11.8 Å². The molecular weight excluding hydrogens is 522 g/mol. The topological polar surface area (TPSA) is 9.23 Å². The Morgan fingerprint density at radius 3 is 1.50 bits per heavy atom. The molecule has 0 heterocycles. The minimum absolute atomic E-state index is 0. The third kappa shape index (κ3) is 6.89. The monoisotopic (exact) mass is 560 g/mol. The van der Waals surface area contributed by atoms with Crippen LogP contribution < -0.4 is 39.9 Å². The second-order valence-corrected chi connectivity index (χ2v) is 12.9. The molecular formula is C29H38IOP. The summed E-state index contributed by atoms with van der Waals surface area (Å²) in [6.45, 7) is 6.80. The molecule has 3 rings (SSSR count). The van der Waals surface area contributed by atoms with Crippen molar-refractivity contribution in [2.45, 2.75) is 52.1 Å². The zero-order chi connectivity index (χ0) is 22.2. The summed E-state index contributed by atoms with van der Waals surface area (Å²) in [6, 6.07) is 33.7. The SMILES string of the molecule is COC(C)(C)CCCC(C)CC[P+](c1ccccc1)(c1ccccc1)c1ccccc1.[I-]. The van der Waals surface area contributed by atoms with E-state index in [-0.39, 0.29) is 29.6 Å². The average molecular weight is 560 g/mol. The summed E-state index contributed by atoms with van der Waals surface area (Å²) in [6.07, 6.45) is 6.03. The fourth-order valence-corrected chi connectivity index (χ4v) is 8.96. The number of benzene rings is 3. The first-order valence-corrected chi connectivity index (χ1v) is 13.6. The van der Waals surface area contributed by atoms with Crippen molar-refractivity contribution in [3.05, 3.63) is 91.0 Å². The van der Waals surface area contributed by atoms with Gasteiger partial charge < -0.3 is 28.7 Å². The van der Waals surface area contributed by atoms with Crippen molar-refractivity contribution in [3.8, 4) is 0 Å². The van der Waals surface area contributed by atoms with Gasteiger partial charge in [-0.3, -0.25) is 0 Å². The Kier molecular flexibility index (Phi) is 10.9. The van der Waals surface area contributed by atoms with Crippen LogP contribution in [0, 0.1) is 5.92 Å². The number of rotatable bonds is 11. The second-order valence-electron chi connectivity index (χ2n) is 9.29. The maximum Gasteiger partial charge on any atom is 0.112 e. The Morgan fingerprint density at radius 1 is 0.719 bits per heavy atom. The first-order chi connectivity index (χ1) is 15.0. The maximum absolute atomic E-state index is 5.61. The van der Waals surface area contributed by atoms with E-state index in [1.807, 2.05) is 7.11 Å². The largest absolute Gasteiger partial charge is 1.00 e. The summed E-state index contributed by atoms with van der Waals surface area (Å²) in [5.74, 6) is 0.697. The highest BCUT2D eigenvalue weighted by Gasteiger charge is 2.44. The van der Waals surface area contributed by atoms with Crippen molar-refractivity contribution in [1.82, 2.24) is 0 Å². The summed E-state index contributed by atoms with van der Waals surface area (Å²) in [4.78, 5) is 0. The van der Waals surface area contributed by atoms with Gasteiger partial charge in [0.1, 0.15) is 23.2 Å². The van der Waals surface area contributed by atoms with Gasteiger partial charge >= 0.3 is 0 Å². The van der Waals surface area contributed by atoms with Crippen LogP contribution in [0.15, 0.2) is 91.0 Å². The van der Waals surface area contributed by atoms with Crippen LogP contribution in [0.2, 0.25) is 0 Å². The van der Waals surface area contributed by atoms with Crippen LogP contribution in [0.25, 0.3) is 0 Å². The van der Waals surface area contributed by atoms with E-state index < -0.39 is 7.26 Å². The van der Waals surface area contributed by atoms with Crippen LogP contribution in [0.4, 0.5) is 0 Å². The minimum atomic E-state index is -1.70. The summed E-state index contributed by atoms with van der Waals surface area (Å²) >= 11 is 0. The van der Waals surface area contributed by atoms with Gasteiger partial charge in [-0.25, -0.2) is 0 Å². The number of hydrogen-bond donors (Lipinski definition) is 0. The quantitative estimate of drug-likeness (QED) is 0.257. The molecule has 0 radical (unpaired) electrons. The Labute approximate surface area is 213 Å². The van der Waals surface area contributed by atoms with Crippen LogP contribution in [0.5, 0.6) is 0 Å². The molecule has 3 aromatic carbocycles. The zero-order valence-electron chi connectivity index (χ0n) is 20.0. The Hall–Kier alpha value is -1.22. The molecule has 1 unspecified atom stereocenters. The van der Waals surface area contributed by atoms with Crippen LogP contribution in [-0.4, -0.2) is 18.9 Å². The van der Waals surface area contributed by atoms with Crippen LogP contribution in [0.3, 0.4) is 0 Å². The highest BCUT2D eigenvalue weighted by atomic mass is 127. The molecule has 0 bridgehead atoms. The zero-order valence-corrected chi connectivity index (χ0v) is 23.1. The van der Waals surface area contributed by atoms with Gasteiger partial charge in [-0.2, -0.15) is 0 Å². The molecule has 32 heavy (non-hydrogen) atoms. The van der Waals surface area contributed by atoms with Crippen LogP contribution >= 0.6 is 7.26 Å². The molecule has 0 aliphatic heterocycles. The summed E-state index contributed by atoms with van der Waals surface area (Å²) < 4.78 is 5.61. The normalized spacial score (nSPS) is 12.8. The lowest BCUT2D eigenvalue weighted by molar-refractivity contribution is -0.0000285. The van der Waals surface area contributed by atoms with Crippen molar-refractivity contribution < 1.29 is 28.7 Å². The first-order valence-electron chi connectivity index (χ1n) is 11.6. The van der Waals surface area contributed by atoms with E-state index in [0.717, 1.165) is 6.42 Å². The molecule has 0 N–H and O–H groups in total. The molecule has 1 atom stereocenters. The van der Waals surface area contributed by atoms with Crippen LogP contribution in [0.1, 0.15) is 46.5 Å². The Bertz CT molecular complexity index is 800. The van der Waals surface area contributed by atoms with E-state index in [1.54, 1.807) is 0 Å². The van der Waals surface area contributed by atoms with Gasteiger partial charge in [0, 0.05) is 7.11 Å². The molecule has 3 heteroatoms. The molecule has 0 amide bonds.